The fourth-order valence-electron chi connectivity index (χ4n) is 4.37. The highest BCUT2D eigenvalue weighted by molar-refractivity contribution is 8.04. The first kappa shape index (κ1) is 22.0. The zero-order valence-electron chi connectivity index (χ0n) is 18.4. The highest BCUT2D eigenvalue weighted by Crippen LogP contribution is 2.34. The number of piperidine rings is 1. The summed E-state index contributed by atoms with van der Waals surface area (Å²) in [5, 5.41) is 4.15. The number of thioether (sulfide) groups is 1. The number of pyridine rings is 1. The van der Waals surface area contributed by atoms with Gasteiger partial charge >= 0.3 is 0 Å². The molecule has 6 nitrogen and oxygen atoms in total. The molecule has 2 aromatic heterocycles. The highest BCUT2D eigenvalue weighted by atomic mass is 32.2. The number of nitrogens with one attached hydrogen (secondary N) is 1. The number of halogens is 1. The quantitative estimate of drug-likeness (QED) is 0.504. The predicted octanol–water partition coefficient (Wildman–Crippen LogP) is 4.22. The molecule has 0 aliphatic carbocycles. The lowest BCUT2D eigenvalue weighted by atomic mass is 9.96. The van der Waals surface area contributed by atoms with Gasteiger partial charge in [-0.25, -0.2) is 9.37 Å². The largest absolute Gasteiger partial charge is 0.490 e. The molecule has 8 heteroatoms. The standard InChI is InChI=1S/C25H27FN4O2S/c26-20-5-1-2-6-21(20)32-14-4-11-29-12-9-18(10-13-29)16-28-25(31)22-15-19-17-27-23-7-3-8-24(33-22)30(19)23/h1-3,5-8,15,17-18H,4,9-14,16H2,(H,28,31). The van der Waals surface area contributed by atoms with Gasteiger partial charge in [0.25, 0.3) is 5.91 Å². The number of likely N-dealkylation sites (tertiary alicyclic amines) is 1. The van der Waals surface area contributed by atoms with Gasteiger partial charge in [-0.3, -0.25) is 9.20 Å². The maximum atomic E-state index is 13.6. The lowest BCUT2D eigenvalue weighted by Gasteiger charge is -2.32. The Labute approximate surface area is 196 Å². The molecule has 4 heterocycles. The van der Waals surface area contributed by atoms with Gasteiger partial charge in [0.2, 0.25) is 0 Å². The van der Waals surface area contributed by atoms with Gasteiger partial charge in [-0.05, 0) is 68.6 Å². The Morgan fingerprint density at radius 1 is 1.18 bits per heavy atom. The fourth-order valence-corrected chi connectivity index (χ4v) is 5.38. The maximum Gasteiger partial charge on any atom is 0.258 e. The highest BCUT2D eigenvalue weighted by Gasteiger charge is 2.23. The first-order valence-electron chi connectivity index (χ1n) is 11.4. The normalized spacial score (nSPS) is 16.6. The molecule has 172 valence electrons. The number of para-hydroxylation sites is 1. The van der Waals surface area contributed by atoms with Crippen LogP contribution in [0.15, 0.2) is 58.6 Å². The van der Waals surface area contributed by atoms with E-state index in [1.165, 1.54) is 17.8 Å². The van der Waals surface area contributed by atoms with Crippen LogP contribution in [0.3, 0.4) is 0 Å². The molecule has 1 fully saturated rings. The van der Waals surface area contributed by atoms with Gasteiger partial charge in [0.05, 0.1) is 28.4 Å². The first-order chi connectivity index (χ1) is 16.2. The van der Waals surface area contributed by atoms with Gasteiger partial charge in [-0.15, -0.1) is 0 Å². The Balaban J connectivity index is 1.03. The third kappa shape index (κ3) is 5.07. The van der Waals surface area contributed by atoms with Gasteiger partial charge in [-0.1, -0.05) is 30.0 Å². The molecule has 0 unspecified atom stereocenters. The van der Waals surface area contributed by atoms with Gasteiger partial charge in [0.1, 0.15) is 5.65 Å². The number of amides is 1. The molecule has 0 atom stereocenters. The van der Waals surface area contributed by atoms with Crippen LogP contribution in [0.1, 0.15) is 25.0 Å². The molecule has 1 amide bonds. The van der Waals surface area contributed by atoms with Crippen molar-refractivity contribution in [3.63, 3.8) is 0 Å². The van der Waals surface area contributed by atoms with Crippen LogP contribution in [-0.4, -0.2) is 53.0 Å². The Morgan fingerprint density at radius 2 is 2.03 bits per heavy atom. The van der Waals surface area contributed by atoms with Crippen molar-refractivity contribution >= 4 is 29.4 Å². The zero-order valence-corrected chi connectivity index (χ0v) is 19.2. The summed E-state index contributed by atoms with van der Waals surface area (Å²) in [5.74, 6) is 0.477. The van der Waals surface area contributed by atoms with Crippen molar-refractivity contribution in [2.75, 3.05) is 32.8 Å². The van der Waals surface area contributed by atoms with E-state index in [1.54, 1.807) is 18.2 Å². The number of benzene rings is 1. The van der Waals surface area contributed by atoms with Crippen molar-refractivity contribution in [2.24, 2.45) is 5.92 Å². The summed E-state index contributed by atoms with van der Waals surface area (Å²) in [4.78, 5) is 20.3. The lowest BCUT2D eigenvalue weighted by molar-refractivity contribution is -0.117. The van der Waals surface area contributed by atoms with E-state index in [2.05, 4.69) is 19.6 Å². The van der Waals surface area contributed by atoms with E-state index in [1.807, 2.05) is 30.5 Å². The first-order valence-corrected chi connectivity index (χ1v) is 12.2. The second-order valence-electron chi connectivity index (χ2n) is 8.48. The van der Waals surface area contributed by atoms with Crippen LogP contribution >= 0.6 is 11.8 Å². The summed E-state index contributed by atoms with van der Waals surface area (Å²) in [6, 6.07) is 12.5. The number of hydrogen-bond donors (Lipinski definition) is 1. The van der Waals surface area contributed by atoms with Crippen molar-refractivity contribution < 1.29 is 13.9 Å². The number of hydrogen-bond acceptors (Lipinski definition) is 5. The third-order valence-corrected chi connectivity index (χ3v) is 7.26. The monoisotopic (exact) mass is 466 g/mol. The molecule has 2 aliphatic rings. The van der Waals surface area contributed by atoms with E-state index in [9.17, 15) is 9.18 Å². The fraction of sp³-hybridized carbons (Fsp3) is 0.360. The molecule has 2 aliphatic heterocycles. The Hall–Kier alpha value is -2.84. The van der Waals surface area contributed by atoms with Crippen molar-refractivity contribution in [2.45, 2.75) is 24.3 Å². The number of carbonyl (C=O) groups excluding carboxylic acids is 1. The molecular weight excluding hydrogens is 439 g/mol. The molecule has 0 bridgehead atoms. The molecule has 1 aromatic carbocycles. The number of aromatic nitrogens is 2. The SMILES string of the molecule is O=C(NCC1CCN(CCCOc2ccccc2F)CC1)C1=Cc2cnc3cccc(n23)S1. The summed E-state index contributed by atoms with van der Waals surface area (Å²) in [6.07, 6.45) is 6.71. The summed E-state index contributed by atoms with van der Waals surface area (Å²) < 4.78 is 21.2. The van der Waals surface area contributed by atoms with Gasteiger partial charge in [0.15, 0.2) is 11.6 Å². The molecule has 33 heavy (non-hydrogen) atoms. The molecule has 0 saturated carbocycles. The Bertz CT molecular complexity index is 1170. The van der Waals surface area contributed by atoms with E-state index < -0.39 is 0 Å². The molecule has 0 spiro atoms. The molecule has 1 N–H and O–H groups in total. The molecule has 1 saturated heterocycles. The number of imidazole rings is 1. The average molecular weight is 467 g/mol. The summed E-state index contributed by atoms with van der Waals surface area (Å²) in [7, 11) is 0. The third-order valence-electron chi connectivity index (χ3n) is 6.21. The van der Waals surface area contributed by atoms with Crippen LogP contribution < -0.4 is 10.1 Å². The minimum atomic E-state index is -0.314. The Kier molecular flexibility index (Phi) is 6.64. The number of nitrogens with zero attached hydrogens (tertiary/aromatic N) is 3. The summed E-state index contributed by atoms with van der Waals surface area (Å²) >= 11 is 1.49. The predicted molar refractivity (Wildman–Crippen MR) is 128 cm³/mol. The van der Waals surface area contributed by atoms with Gasteiger partial charge < -0.3 is 15.0 Å². The van der Waals surface area contributed by atoms with E-state index in [4.69, 9.17) is 4.74 Å². The second-order valence-corrected chi connectivity index (χ2v) is 9.54. The van der Waals surface area contributed by atoms with Crippen molar-refractivity contribution in [1.82, 2.24) is 19.6 Å². The molecule has 5 rings (SSSR count). The van der Waals surface area contributed by atoms with E-state index in [0.29, 0.717) is 29.7 Å². The van der Waals surface area contributed by atoms with Crippen LogP contribution in [0, 0.1) is 11.7 Å². The van der Waals surface area contributed by atoms with E-state index in [-0.39, 0.29) is 11.7 Å². The topological polar surface area (TPSA) is 58.9 Å². The van der Waals surface area contributed by atoms with Crippen LogP contribution in [0.25, 0.3) is 11.7 Å². The number of carbonyl (C=O) groups is 1. The van der Waals surface area contributed by atoms with E-state index in [0.717, 1.165) is 55.3 Å². The second kappa shape index (κ2) is 9.97. The summed E-state index contributed by atoms with van der Waals surface area (Å²) in [5.41, 5.74) is 1.84. The van der Waals surface area contributed by atoms with Crippen LogP contribution in [-0.2, 0) is 4.79 Å². The molecular formula is C25H27FN4O2S. The van der Waals surface area contributed by atoms with Crippen molar-refractivity contribution in [3.05, 3.63) is 65.1 Å². The minimum Gasteiger partial charge on any atom is -0.490 e. The van der Waals surface area contributed by atoms with Gasteiger partial charge in [0, 0.05) is 13.1 Å². The average Bonchev–Trinajstić information content (AvgIpc) is 3.26. The smallest absolute Gasteiger partial charge is 0.258 e. The molecule has 3 aromatic rings. The van der Waals surface area contributed by atoms with Crippen molar-refractivity contribution in [1.29, 1.82) is 0 Å². The zero-order chi connectivity index (χ0) is 22.6. The van der Waals surface area contributed by atoms with Gasteiger partial charge in [-0.2, -0.15) is 0 Å². The van der Waals surface area contributed by atoms with Crippen LogP contribution in [0.5, 0.6) is 5.75 Å². The number of ether oxygens (including phenoxy) is 1. The van der Waals surface area contributed by atoms with E-state index >= 15 is 0 Å². The number of rotatable bonds is 8. The Morgan fingerprint density at radius 3 is 2.88 bits per heavy atom. The van der Waals surface area contributed by atoms with Crippen LogP contribution in [0.2, 0.25) is 0 Å². The minimum absolute atomic E-state index is 0.0165. The lowest BCUT2D eigenvalue weighted by Crippen LogP contribution is -2.39. The van der Waals surface area contributed by atoms with Crippen LogP contribution in [0.4, 0.5) is 4.39 Å². The van der Waals surface area contributed by atoms with Crippen molar-refractivity contribution in [3.8, 4) is 5.75 Å². The summed E-state index contributed by atoms with van der Waals surface area (Å²) in [6.45, 7) is 4.18. The maximum absolute atomic E-state index is 13.6. The molecule has 0 radical (unpaired) electrons.